The lowest BCUT2D eigenvalue weighted by Crippen LogP contribution is -2.34. The molecule has 0 unspecified atom stereocenters. The summed E-state index contributed by atoms with van der Waals surface area (Å²) in [6.45, 7) is 4.23. The fourth-order valence-electron chi connectivity index (χ4n) is 4.81. The van der Waals surface area contributed by atoms with Gasteiger partial charge >= 0.3 is 5.97 Å². The minimum Gasteiger partial charge on any atom is -0.462 e. The van der Waals surface area contributed by atoms with E-state index in [1.165, 1.54) is 4.90 Å². The van der Waals surface area contributed by atoms with E-state index in [9.17, 15) is 14.4 Å². The molecule has 1 aromatic rings. The summed E-state index contributed by atoms with van der Waals surface area (Å²) in [5, 5.41) is 0. The van der Waals surface area contributed by atoms with Crippen molar-refractivity contribution < 1.29 is 19.1 Å². The maximum Gasteiger partial charge on any atom is 0.340 e. The van der Waals surface area contributed by atoms with Crippen molar-refractivity contribution >= 4 is 23.5 Å². The van der Waals surface area contributed by atoms with Gasteiger partial charge in [0, 0.05) is 0 Å². The van der Waals surface area contributed by atoms with E-state index >= 15 is 0 Å². The van der Waals surface area contributed by atoms with Gasteiger partial charge in [-0.05, 0) is 49.1 Å². The Morgan fingerprint density at radius 2 is 1.72 bits per heavy atom. The van der Waals surface area contributed by atoms with E-state index in [0.29, 0.717) is 24.1 Å². The van der Waals surface area contributed by atoms with Crippen molar-refractivity contribution in [2.75, 3.05) is 11.5 Å². The van der Waals surface area contributed by atoms with Crippen LogP contribution in [0.2, 0.25) is 0 Å². The smallest absolute Gasteiger partial charge is 0.340 e. The van der Waals surface area contributed by atoms with E-state index in [2.05, 4.69) is 0 Å². The monoisotopic (exact) mass is 341 g/mol. The van der Waals surface area contributed by atoms with Crippen LogP contribution >= 0.6 is 0 Å². The van der Waals surface area contributed by atoms with Gasteiger partial charge in [0.05, 0.1) is 29.7 Å². The fraction of sp³-hybridized carbons (Fsp3) is 0.550. The molecule has 2 amide bonds. The van der Waals surface area contributed by atoms with E-state index in [0.717, 1.165) is 19.3 Å². The summed E-state index contributed by atoms with van der Waals surface area (Å²) in [6, 6.07) is 6.77. The maximum absolute atomic E-state index is 13.0. The van der Waals surface area contributed by atoms with Gasteiger partial charge in [0.2, 0.25) is 11.8 Å². The molecule has 1 aliphatic heterocycles. The van der Waals surface area contributed by atoms with E-state index in [4.69, 9.17) is 4.74 Å². The first-order valence-corrected chi connectivity index (χ1v) is 9.13. The second kappa shape index (κ2) is 5.97. The number of esters is 1. The van der Waals surface area contributed by atoms with Crippen molar-refractivity contribution in [2.24, 2.45) is 29.6 Å². The summed E-state index contributed by atoms with van der Waals surface area (Å²) in [5.74, 6) is -0.242. The SMILES string of the molecule is CC(C)COC(=O)c1ccccc1N1C(=O)[C@H]2[C@H]3CC[C@@H](C3)[C@@H]2C1=O. The van der Waals surface area contributed by atoms with Crippen molar-refractivity contribution in [2.45, 2.75) is 33.1 Å². The van der Waals surface area contributed by atoms with E-state index < -0.39 is 5.97 Å². The molecule has 1 aromatic carbocycles. The molecule has 25 heavy (non-hydrogen) atoms. The summed E-state index contributed by atoms with van der Waals surface area (Å²) in [6.07, 6.45) is 3.08. The van der Waals surface area contributed by atoms with Gasteiger partial charge in [-0.25, -0.2) is 9.69 Å². The Bertz CT molecular complexity index is 713. The number of benzene rings is 1. The first kappa shape index (κ1) is 16.3. The standard InChI is InChI=1S/C20H23NO4/c1-11(2)10-25-20(24)14-5-3-4-6-15(14)21-18(22)16-12-7-8-13(9-12)17(16)19(21)23/h3-6,11-13,16-17H,7-10H2,1-2H3/t12-,13-,16-,17-/m0/s1. The van der Waals surface area contributed by atoms with Gasteiger partial charge < -0.3 is 4.74 Å². The van der Waals surface area contributed by atoms with Crippen molar-refractivity contribution in [3.8, 4) is 0 Å². The van der Waals surface area contributed by atoms with Crippen LogP contribution in [0, 0.1) is 29.6 Å². The molecule has 2 aliphatic carbocycles. The highest BCUT2D eigenvalue weighted by molar-refractivity contribution is 6.24. The number of para-hydroxylation sites is 1. The largest absolute Gasteiger partial charge is 0.462 e. The summed E-state index contributed by atoms with van der Waals surface area (Å²) >= 11 is 0. The second-order valence-electron chi connectivity index (χ2n) is 7.91. The number of carbonyl (C=O) groups excluding carboxylic acids is 3. The molecule has 0 aromatic heterocycles. The van der Waals surface area contributed by atoms with Crippen LogP contribution in [0.25, 0.3) is 0 Å². The Hall–Kier alpha value is -2.17. The third kappa shape index (κ3) is 2.48. The molecule has 5 nitrogen and oxygen atoms in total. The number of imide groups is 1. The Kier molecular flexibility index (Phi) is 3.89. The number of carbonyl (C=O) groups is 3. The van der Waals surface area contributed by atoms with Crippen molar-refractivity contribution in [3.63, 3.8) is 0 Å². The normalized spacial score (nSPS) is 30.3. The van der Waals surface area contributed by atoms with Gasteiger partial charge in [0.1, 0.15) is 0 Å². The van der Waals surface area contributed by atoms with Crippen molar-refractivity contribution in [1.82, 2.24) is 0 Å². The van der Waals surface area contributed by atoms with Crippen LogP contribution in [0.15, 0.2) is 24.3 Å². The quantitative estimate of drug-likeness (QED) is 0.624. The van der Waals surface area contributed by atoms with Crippen LogP contribution in [0.3, 0.4) is 0 Å². The van der Waals surface area contributed by atoms with E-state index in [-0.39, 0.29) is 35.1 Å². The van der Waals surface area contributed by atoms with Gasteiger partial charge in [0.15, 0.2) is 0 Å². The zero-order chi connectivity index (χ0) is 17.7. The number of amides is 2. The molecular weight excluding hydrogens is 318 g/mol. The molecule has 4 rings (SSSR count). The predicted molar refractivity (Wildman–Crippen MR) is 91.9 cm³/mol. The average Bonchev–Trinajstić information content (AvgIpc) is 3.27. The molecule has 3 fully saturated rings. The first-order valence-electron chi connectivity index (χ1n) is 9.13. The molecule has 1 heterocycles. The van der Waals surface area contributed by atoms with Gasteiger partial charge in [0.25, 0.3) is 0 Å². The molecular formula is C20H23NO4. The number of hydrogen-bond donors (Lipinski definition) is 0. The zero-order valence-electron chi connectivity index (χ0n) is 14.6. The predicted octanol–water partition coefficient (Wildman–Crippen LogP) is 3.03. The Labute approximate surface area is 147 Å². The highest BCUT2D eigenvalue weighted by Crippen LogP contribution is 2.56. The summed E-state index contributed by atoms with van der Waals surface area (Å²) in [7, 11) is 0. The molecule has 0 N–H and O–H groups in total. The lowest BCUT2D eigenvalue weighted by atomic mass is 9.81. The van der Waals surface area contributed by atoms with Crippen LogP contribution < -0.4 is 4.90 Å². The van der Waals surface area contributed by atoms with Crippen LogP contribution in [-0.4, -0.2) is 24.4 Å². The minimum absolute atomic E-state index is 0.133. The Balaban J connectivity index is 1.65. The molecule has 3 aliphatic rings. The third-order valence-electron chi connectivity index (χ3n) is 5.84. The lowest BCUT2D eigenvalue weighted by Gasteiger charge is -2.20. The third-order valence-corrected chi connectivity index (χ3v) is 5.84. The summed E-state index contributed by atoms with van der Waals surface area (Å²) < 4.78 is 5.32. The lowest BCUT2D eigenvalue weighted by molar-refractivity contribution is -0.123. The Morgan fingerprint density at radius 1 is 1.12 bits per heavy atom. The van der Waals surface area contributed by atoms with E-state index in [1.54, 1.807) is 24.3 Å². The van der Waals surface area contributed by atoms with Crippen LogP contribution in [0.1, 0.15) is 43.5 Å². The average molecular weight is 341 g/mol. The number of nitrogens with zero attached hydrogens (tertiary/aromatic N) is 1. The van der Waals surface area contributed by atoms with Gasteiger partial charge in [-0.2, -0.15) is 0 Å². The second-order valence-corrected chi connectivity index (χ2v) is 7.91. The maximum atomic E-state index is 13.0. The topological polar surface area (TPSA) is 63.7 Å². The van der Waals surface area contributed by atoms with Crippen LogP contribution in [0.5, 0.6) is 0 Å². The number of fused-ring (bicyclic) bond motifs is 5. The number of anilines is 1. The summed E-state index contributed by atoms with van der Waals surface area (Å²) in [4.78, 5) is 39.7. The number of hydrogen-bond acceptors (Lipinski definition) is 4. The van der Waals surface area contributed by atoms with Gasteiger partial charge in [-0.3, -0.25) is 9.59 Å². The summed E-state index contributed by atoms with van der Waals surface area (Å²) in [5.41, 5.74) is 0.664. The number of ether oxygens (including phenoxy) is 1. The van der Waals surface area contributed by atoms with Crippen molar-refractivity contribution in [1.29, 1.82) is 0 Å². The van der Waals surface area contributed by atoms with Gasteiger partial charge in [-0.1, -0.05) is 26.0 Å². The number of rotatable bonds is 4. The van der Waals surface area contributed by atoms with E-state index in [1.807, 2.05) is 13.8 Å². The van der Waals surface area contributed by atoms with Gasteiger partial charge in [-0.15, -0.1) is 0 Å². The molecule has 2 bridgehead atoms. The molecule has 1 saturated heterocycles. The van der Waals surface area contributed by atoms with Crippen LogP contribution in [0.4, 0.5) is 5.69 Å². The Morgan fingerprint density at radius 3 is 2.32 bits per heavy atom. The zero-order valence-corrected chi connectivity index (χ0v) is 14.6. The first-order chi connectivity index (χ1) is 12.0. The highest BCUT2D eigenvalue weighted by atomic mass is 16.5. The fourth-order valence-corrected chi connectivity index (χ4v) is 4.81. The molecule has 4 atom stereocenters. The van der Waals surface area contributed by atoms with Crippen molar-refractivity contribution in [3.05, 3.63) is 29.8 Å². The highest BCUT2D eigenvalue weighted by Gasteiger charge is 2.61. The van der Waals surface area contributed by atoms with Crippen LogP contribution in [-0.2, 0) is 14.3 Å². The molecule has 5 heteroatoms. The molecule has 0 radical (unpaired) electrons. The molecule has 132 valence electrons. The molecule has 0 spiro atoms. The minimum atomic E-state index is -0.482. The molecule has 2 saturated carbocycles.